The number of para-hydroxylation sites is 1. The number of benzene rings is 1. The highest BCUT2D eigenvalue weighted by Crippen LogP contribution is 2.16. The number of carbonyl (C=O) groups is 1. The van der Waals surface area contributed by atoms with Gasteiger partial charge in [0.1, 0.15) is 12.4 Å². The first kappa shape index (κ1) is 15.1. The number of amides is 1. The number of thiophene rings is 1. The Hall–Kier alpha value is -2.29. The summed E-state index contributed by atoms with van der Waals surface area (Å²) in [6.07, 6.45) is 0.148. The van der Waals surface area contributed by atoms with E-state index in [-0.39, 0.29) is 24.7 Å². The molecule has 0 unspecified atom stereocenters. The lowest BCUT2D eigenvalue weighted by molar-refractivity contribution is -0.120. The Balaban J connectivity index is 1.87. The van der Waals surface area contributed by atoms with Gasteiger partial charge in [-0.1, -0.05) is 30.0 Å². The first-order chi connectivity index (χ1) is 10.2. The van der Waals surface area contributed by atoms with E-state index in [9.17, 15) is 9.90 Å². The van der Waals surface area contributed by atoms with Crippen LogP contribution in [0.5, 0.6) is 5.75 Å². The molecule has 2 aromatic rings. The number of aliphatic hydroxyl groups is 1. The molecule has 0 spiro atoms. The molecule has 21 heavy (non-hydrogen) atoms. The predicted octanol–water partition coefficient (Wildman–Crippen LogP) is 1.66. The van der Waals surface area contributed by atoms with E-state index in [1.54, 1.807) is 24.3 Å². The van der Waals surface area contributed by atoms with Crippen molar-refractivity contribution >= 4 is 17.2 Å². The van der Waals surface area contributed by atoms with Gasteiger partial charge in [-0.15, -0.1) is 11.3 Å². The predicted molar refractivity (Wildman–Crippen MR) is 81.9 cm³/mol. The Bertz CT molecular complexity index is 682. The van der Waals surface area contributed by atoms with Crippen molar-refractivity contribution in [2.45, 2.75) is 13.0 Å². The molecule has 1 aromatic carbocycles. The third-order valence-corrected chi connectivity index (χ3v) is 3.70. The Morgan fingerprint density at radius 1 is 1.33 bits per heavy atom. The van der Waals surface area contributed by atoms with Gasteiger partial charge in [0, 0.05) is 21.4 Å². The molecular formula is C16H15NO3S. The van der Waals surface area contributed by atoms with E-state index in [1.165, 1.54) is 11.3 Å². The second kappa shape index (κ2) is 7.48. The normalized spacial score (nSPS) is 9.76. The Morgan fingerprint density at radius 2 is 2.14 bits per heavy atom. The summed E-state index contributed by atoms with van der Waals surface area (Å²) in [5.41, 5.74) is 1.44. The number of nitrogens with one attached hydrogen (secondary N) is 1. The maximum absolute atomic E-state index is 11.8. The molecule has 0 saturated carbocycles. The standard InChI is InChI=1S/C16H15NO3S/c18-7-3-4-12-8-14(21-11-12)10-17-16(20)9-13-5-1-2-6-15(13)19/h1-2,5-6,8,11,18-19H,7,9-10H2,(H,17,20). The highest BCUT2D eigenvalue weighted by Gasteiger charge is 2.07. The largest absolute Gasteiger partial charge is 0.508 e. The summed E-state index contributed by atoms with van der Waals surface area (Å²) in [5.74, 6) is 5.38. The highest BCUT2D eigenvalue weighted by atomic mass is 32.1. The molecule has 4 nitrogen and oxygen atoms in total. The summed E-state index contributed by atoms with van der Waals surface area (Å²) in [5, 5.41) is 22.9. The third-order valence-electron chi connectivity index (χ3n) is 2.77. The zero-order valence-corrected chi connectivity index (χ0v) is 12.1. The molecule has 108 valence electrons. The van der Waals surface area contributed by atoms with Crippen molar-refractivity contribution in [2.24, 2.45) is 0 Å². The summed E-state index contributed by atoms with van der Waals surface area (Å²) >= 11 is 1.50. The van der Waals surface area contributed by atoms with Gasteiger partial charge in [0.05, 0.1) is 13.0 Å². The number of rotatable bonds is 4. The Morgan fingerprint density at radius 3 is 2.90 bits per heavy atom. The molecule has 0 aliphatic heterocycles. The van der Waals surface area contributed by atoms with Gasteiger partial charge < -0.3 is 15.5 Å². The number of hydrogen-bond acceptors (Lipinski definition) is 4. The molecule has 0 atom stereocenters. The van der Waals surface area contributed by atoms with E-state index in [4.69, 9.17) is 5.11 Å². The van der Waals surface area contributed by atoms with E-state index in [0.29, 0.717) is 12.1 Å². The number of phenolic OH excluding ortho intramolecular Hbond substituents is 1. The molecule has 1 heterocycles. The fourth-order valence-electron chi connectivity index (χ4n) is 1.76. The first-order valence-corrected chi connectivity index (χ1v) is 7.27. The first-order valence-electron chi connectivity index (χ1n) is 6.39. The lowest BCUT2D eigenvalue weighted by Crippen LogP contribution is -2.24. The molecular weight excluding hydrogens is 286 g/mol. The molecule has 0 bridgehead atoms. The second-order valence-corrected chi connectivity index (χ2v) is 5.34. The quantitative estimate of drug-likeness (QED) is 0.752. The van der Waals surface area contributed by atoms with Gasteiger partial charge in [-0.2, -0.15) is 0 Å². The maximum atomic E-state index is 11.8. The van der Waals surface area contributed by atoms with E-state index in [1.807, 2.05) is 11.4 Å². The van der Waals surface area contributed by atoms with Crippen molar-refractivity contribution in [1.82, 2.24) is 5.32 Å². The minimum atomic E-state index is -0.164. The van der Waals surface area contributed by atoms with Gasteiger partial charge in [-0.05, 0) is 12.1 Å². The van der Waals surface area contributed by atoms with Gasteiger partial charge in [0.2, 0.25) is 5.91 Å². The molecule has 1 amide bonds. The lowest BCUT2D eigenvalue weighted by Gasteiger charge is -2.05. The van der Waals surface area contributed by atoms with E-state index >= 15 is 0 Å². The van der Waals surface area contributed by atoms with Crippen molar-refractivity contribution in [3.05, 3.63) is 51.7 Å². The van der Waals surface area contributed by atoms with E-state index < -0.39 is 0 Å². The molecule has 3 N–H and O–H groups in total. The number of carbonyl (C=O) groups excluding carboxylic acids is 1. The van der Waals surface area contributed by atoms with Crippen molar-refractivity contribution in [3.8, 4) is 17.6 Å². The maximum Gasteiger partial charge on any atom is 0.224 e. The van der Waals surface area contributed by atoms with Crippen molar-refractivity contribution in [3.63, 3.8) is 0 Å². The van der Waals surface area contributed by atoms with Crippen LogP contribution >= 0.6 is 11.3 Å². The van der Waals surface area contributed by atoms with Crippen molar-refractivity contribution in [1.29, 1.82) is 0 Å². The lowest BCUT2D eigenvalue weighted by atomic mass is 10.1. The third kappa shape index (κ3) is 4.63. The molecule has 0 aliphatic rings. The average molecular weight is 301 g/mol. The van der Waals surface area contributed by atoms with Gasteiger partial charge in [-0.3, -0.25) is 4.79 Å². The zero-order chi connectivity index (χ0) is 15.1. The van der Waals surface area contributed by atoms with Crippen LogP contribution in [0.4, 0.5) is 0 Å². The second-order valence-electron chi connectivity index (χ2n) is 4.34. The topological polar surface area (TPSA) is 69.6 Å². The summed E-state index contributed by atoms with van der Waals surface area (Å²) in [4.78, 5) is 12.8. The van der Waals surface area contributed by atoms with Gasteiger partial charge in [0.15, 0.2) is 0 Å². The number of hydrogen-bond donors (Lipinski definition) is 3. The van der Waals surface area contributed by atoms with Crippen LogP contribution in [-0.2, 0) is 17.8 Å². The van der Waals surface area contributed by atoms with Crippen molar-refractivity contribution in [2.75, 3.05) is 6.61 Å². The summed E-state index contributed by atoms with van der Waals surface area (Å²) in [6, 6.07) is 8.68. The molecule has 0 radical (unpaired) electrons. The monoisotopic (exact) mass is 301 g/mol. The molecule has 2 rings (SSSR count). The zero-order valence-electron chi connectivity index (χ0n) is 11.3. The van der Waals surface area contributed by atoms with Crippen LogP contribution in [0.25, 0.3) is 0 Å². The van der Waals surface area contributed by atoms with E-state index in [2.05, 4.69) is 17.2 Å². The average Bonchev–Trinajstić information content (AvgIpc) is 2.93. The minimum Gasteiger partial charge on any atom is -0.508 e. The minimum absolute atomic E-state index is 0.130. The SMILES string of the molecule is O=C(Cc1ccccc1O)NCc1cc(C#CCO)cs1. The number of aliphatic hydroxyl groups excluding tert-OH is 1. The van der Waals surface area contributed by atoms with E-state index in [0.717, 1.165) is 10.4 Å². The molecule has 0 aliphatic carbocycles. The van der Waals surface area contributed by atoms with Crippen LogP contribution in [0.3, 0.4) is 0 Å². The molecule has 0 fully saturated rings. The van der Waals surface area contributed by atoms with Crippen LogP contribution in [-0.4, -0.2) is 22.7 Å². The molecule has 1 aromatic heterocycles. The van der Waals surface area contributed by atoms with Crippen LogP contribution in [0.2, 0.25) is 0 Å². The number of aromatic hydroxyl groups is 1. The number of phenols is 1. The van der Waals surface area contributed by atoms with Crippen LogP contribution in [0.1, 0.15) is 16.0 Å². The smallest absolute Gasteiger partial charge is 0.224 e. The Kier molecular flexibility index (Phi) is 5.38. The van der Waals surface area contributed by atoms with Gasteiger partial charge in [-0.25, -0.2) is 0 Å². The van der Waals surface area contributed by atoms with Gasteiger partial charge >= 0.3 is 0 Å². The van der Waals surface area contributed by atoms with Gasteiger partial charge in [0.25, 0.3) is 0 Å². The van der Waals surface area contributed by atoms with Crippen LogP contribution in [0, 0.1) is 11.8 Å². The Labute approximate surface area is 127 Å². The van der Waals surface area contributed by atoms with Crippen LogP contribution < -0.4 is 5.32 Å². The molecule has 5 heteroatoms. The fourth-order valence-corrected chi connectivity index (χ4v) is 2.52. The van der Waals surface area contributed by atoms with Crippen LogP contribution in [0.15, 0.2) is 35.7 Å². The highest BCUT2D eigenvalue weighted by molar-refractivity contribution is 7.10. The molecule has 0 saturated heterocycles. The summed E-state index contributed by atoms with van der Waals surface area (Å²) in [7, 11) is 0. The fraction of sp³-hybridized carbons (Fsp3) is 0.188. The van der Waals surface area contributed by atoms with Crippen molar-refractivity contribution < 1.29 is 15.0 Å². The summed E-state index contributed by atoms with van der Waals surface area (Å²) < 4.78 is 0. The summed E-state index contributed by atoms with van der Waals surface area (Å²) in [6.45, 7) is 0.264.